The van der Waals surface area contributed by atoms with Crippen LogP contribution in [0.3, 0.4) is 0 Å². The number of ether oxygens (including phenoxy) is 1. The molecule has 21 heavy (non-hydrogen) atoms. The number of carbonyl (C=O) groups is 1. The second-order valence-corrected chi connectivity index (χ2v) is 6.13. The van der Waals surface area contributed by atoms with Gasteiger partial charge < -0.3 is 20.7 Å². The van der Waals surface area contributed by atoms with Crippen LogP contribution in [0.25, 0.3) is 10.1 Å². The summed E-state index contributed by atoms with van der Waals surface area (Å²) in [5.74, 6) is 0.747. The summed E-state index contributed by atoms with van der Waals surface area (Å²) in [6, 6.07) is 5.76. The Bertz CT molecular complexity index is 660. The Labute approximate surface area is 127 Å². The van der Waals surface area contributed by atoms with Crippen molar-refractivity contribution < 1.29 is 9.53 Å². The van der Waals surface area contributed by atoms with Crippen molar-refractivity contribution in [1.82, 2.24) is 10.2 Å². The molecule has 1 aliphatic heterocycles. The molecule has 2 aromatic rings. The van der Waals surface area contributed by atoms with Gasteiger partial charge in [0.2, 0.25) is 0 Å². The van der Waals surface area contributed by atoms with E-state index in [9.17, 15) is 4.79 Å². The van der Waals surface area contributed by atoms with Crippen LogP contribution in [-0.2, 0) is 0 Å². The van der Waals surface area contributed by atoms with Gasteiger partial charge in [-0.15, -0.1) is 11.3 Å². The fourth-order valence-corrected chi connectivity index (χ4v) is 3.77. The smallest absolute Gasteiger partial charge is 0.266 e. The fourth-order valence-electron chi connectivity index (χ4n) is 2.66. The van der Waals surface area contributed by atoms with E-state index in [0.29, 0.717) is 10.6 Å². The van der Waals surface area contributed by atoms with E-state index in [-0.39, 0.29) is 5.91 Å². The van der Waals surface area contributed by atoms with Crippen molar-refractivity contribution in [2.75, 3.05) is 39.0 Å². The molecule has 1 saturated heterocycles. The molecule has 0 aliphatic carbocycles. The molecule has 1 amide bonds. The summed E-state index contributed by atoms with van der Waals surface area (Å²) in [4.78, 5) is 15.2. The second-order valence-electron chi connectivity index (χ2n) is 5.07. The highest BCUT2D eigenvalue weighted by atomic mass is 32.1. The van der Waals surface area contributed by atoms with Crippen molar-refractivity contribution in [2.24, 2.45) is 0 Å². The zero-order valence-electron chi connectivity index (χ0n) is 12.0. The molecule has 0 atom stereocenters. The van der Waals surface area contributed by atoms with Gasteiger partial charge in [-0.05, 0) is 25.1 Å². The molecule has 0 unspecified atom stereocenters. The highest BCUT2D eigenvalue weighted by molar-refractivity contribution is 7.21. The van der Waals surface area contributed by atoms with Gasteiger partial charge in [0.05, 0.1) is 18.2 Å². The van der Waals surface area contributed by atoms with Crippen molar-refractivity contribution in [3.05, 3.63) is 23.1 Å². The van der Waals surface area contributed by atoms with E-state index < -0.39 is 0 Å². The standard InChI is InChI=1S/C15H19N3O2S/c1-20-10-4-2-5-11-12(10)13(16)14(21-11)15(19)18-8-3-6-17-7-9-18/h2,4-5,17H,3,6-9,16H2,1H3. The van der Waals surface area contributed by atoms with Crippen molar-refractivity contribution in [2.45, 2.75) is 6.42 Å². The molecule has 3 rings (SSSR count). The van der Waals surface area contributed by atoms with Crippen molar-refractivity contribution in [3.63, 3.8) is 0 Å². The lowest BCUT2D eigenvalue weighted by Gasteiger charge is -2.19. The van der Waals surface area contributed by atoms with Crippen LogP contribution in [0, 0.1) is 0 Å². The number of benzene rings is 1. The van der Waals surface area contributed by atoms with Gasteiger partial charge in [0.25, 0.3) is 5.91 Å². The van der Waals surface area contributed by atoms with Crippen LogP contribution in [0.5, 0.6) is 5.75 Å². The summed E-state index contributed by atoms with van der Waals surface area (Å²) in [6.45, 7) is 3.29. The molecule has 5 nitrogen and oxygen atoms in total. The highest BCUT2D eigenvalue weighted by Gasteiger charge is 2.23. The molecule has 1 aromatic carbocycles. The highest BCUT2D eigenvalue weighted by Crippen LogP contribution is 2.39. The van der Waals surface area contributed by atoms with Crippen LogP contribution in [0.4, 0.5) is 5.69 Å². The van der Waals surface area contributed by atoms with Gasteiger partial charge in [-0.25, -0.2) is 0 Å². The Morgan fingerprint density at radius 3 is 3.05 bits per heavy atom. The first-order valence-electron chi connectivity index (χ1n) is 7.07. The van der Waals surface area contributed by atoms with Crippen LogP contribution < -0.4 is 15.8 Å². The number of amides is 1. The molecule has 1 aliphatic rings. The van der Waals surface area contributed by atoms with Gasteiger partial charge >= 0.3 is 0 Å². The first-order valence-corrected chi connectivity index (χ1v) is 7.89. The fraction of sp³-hybridized carbons (Fsp3) is 0.400. The number of anilines is 1. The summed E-state index contributed by atoms with van der Waals surface area (Å²) < 4.78 is 6.35. The number of hydrogen-bond acceptors (Lipinski definition) is 5. The Morgan fingerprint density at radius 1 is 1.38 bits per heavy atom. The van der Waals surface area contributed by atoms with Crippen molar-refractivity contribution in [3.8, 4) is 5.75 Å². The normalized spacial score (nSPS) is 16.0. The number of nitrogen functional groups attached to an aromatic ring is 1. The molecule has 6 heteroatoms. The van der Waals surface area contributed by atoms with Gasteiger partial charge in [0.15, 0.2) is 0 Å². The lowest BCUT2D eigenvalue weighted by Crippen LogP contribution is -2.34. The quantitative estimate of drug-likeness (QED) is 0.889. The Kier molecular flexibility index (Phi) is 3.98. The first kappa shape index (κ1) is 14.2. The summed E-state index contributed by atoms with van der Waals surface area (Å²) in [6.07, 6.45) is 0.972. The Morgan fingerprint density at radius 2 is 2.24 bits per heavy atom. The molecule has 0 radical (unpaired) electrons. The Balaban J connectivity index is 2.00. The number of nitrogens with zero attached hydrogens (tertiary/aromatic N) is 1. The SMILES string of the molecule is COc1cccc2sc(C(=O)N3CCCNCC3)c(N)c12. The predicted molar refractivity (Wildman–Crippen MR) is 86.2 cm³/mol. The molecule has 112 valence electrons. The summed E-state index contributed by atoms with van der Waals surface area (Å²) in [5.41, 5.74) is 6.77. The Hall–Kier alpha value is -1.79. The zero-order chi connectivity index (χ0) is 14.8. The van der Waals surface area contributed by atoms with Gasteiger partial charge in [-0.3, -0.25) is 4.79 Å². The minimum Gasteiger partial charge on any atom is -0.496 e. The number of methoxy groups -OCH3 is 1. The van der Waals surface area contributed by atoms with E-state index in [1.807, 2.05) is 23.1 Å². The van der Waals surface area contributed by atoms with Crippen LogP contribution >= 0.6 is 11.3 Å². The minimum absolute atomic E-state index is 0.0273. The molecule has 0 saturated carbocycles. The van der Waals surface area contributed by atoms with Crippen LogP contribution in [0.1, 0.15) is 16.1 Å². The number of rotatable bonds is 2. The second kappa shape index (κ2) is 5.91. The average molecular weight is 305 g/mol. The van der Waals surface area contributed by atoms with Gasteiger partial charge in [-0.1, -0.05) is 6.07 Å². The number of hydrogen-bond donors (Lipinski definition) is 2. The molecule has 3 N–H and O–H groups in total. The maximum Gasteiger partial charge on any atom is 0.266 e. The number of nitrogens with two attached hydrogens (primary N) is 1. The first-order chi connectivity index (χ1) is 10.2. The molecule has 1 aromatic heterocycles. The molecular weight excluding hydrogens is 286 g/mol. The maximum atomic E-state index is 12.7. The van der Waals surface area contributed by atoms with E-state index in [4.69, 9.17) is 10.5 Å². The topological polar surface area (TPSA) is 67.6 Å². The third kappa shape index (κ3) is 2.56. The minimum atomic E-state index is 0.0273. The zero-order valence-corrected chi connectivity index (χ0v) is 12.8. The summed E-state index contributed by atoms with van der Waals surface area (Å²) >= 11 is 1.45. The monoisotopic (exact) mass is 305 g/mol. The van der Waals surface area contributed by atoms with Crippen molar-refractivity contribution >= 4 is 33.0 Å². The van der Waals surface area contributed by atoms with Crippen LogP contribution in [0.2, 0.25) is 0 Å². The third-order valence-corrected chi connectivity index (χ3v) is 4.91. The molecule has 0 spiro atoms. The van der Waals surface area contributed by atoms with E-state index >= 15 is 0 Å². The number of thiophene rings is 1. The van der Waals surface area contributed by atoms with E-state index in [0.717, 1.165) is 48.4 Å². The largest absolute Gasteiger partial charge is 0.496 e. The number of carbonyl (C=O) groups excluding carboxylic acids is 1. The lowest BCUT2D eigenvalue weighted by atomic mass is 10.2. The summed E-state index contributed by atoms with van der Waals surface area (Å²) in [5, 5.41) is 4.15. The molecule has 1 fully saturated rings. The van der Waals surface area contributed by atoms with E-state index in [2.05, 4.69) is 5.32 Å². The predicted octanol–water partition coefficient (Wildman–Crippen LogP) is 1.93. The van der Waals surface area contributed by atoms with Crippen LogP contribution in [0.15, 0.2) is 18.2 Å². The van der Waals surface area contributed by atoms with E-state index in [1.165, 1.54) is 11.3 Å². The van der Waals surface area contributed by atoms with Gasteiger partial charge in [0, 0.05) is 24.3 Å². The summed E-state index contributed by atoms with van der Waals surface area (Å²) in [7, 11) is 1.62. The maximum absolute atomic E-state index is 12.7. The van der Waals surface area contributed by atoms with E-state index in [1.54, 1.807) is 7.11 Å². The molecule has 2 heterocycles. The van der Waals surface area contributed by atoms with Crippen molar-refractivity contribution in [1.29, 1.82) is 0 Å². The number of nitrogens with one attached hydrogen (secondary N) is 1. The molecular formula is C15H19N3O2S. The average Bonchev–Trinajstić information content (AvgIpc) is 2.70. The molecule has 0 bridgehead atoms. The van der Waals surface area contributed by atoms with Crippen LogP contribution in [-0.4, -0.2) is 44.1 Å². The number of fused-ring (bicyclic) bond motifs is 1. The lowest BCUT2D eigenvalue weighted by molar-refractivity contribution is 0.0772. The third-order valence-electron chi connectivity index (χ3n) is 3.76. The van der Waals surface area contributed by atoms with Gasteiger partial charge in [-0.2, -0.15) is 0 Å². The van der Waals surface area contributed by atoms with Gasteiger partial charge in [0.1, 0.15) is 10.6 Å².